The van der Waals surface area contributed by atoms with Gasteiger partial charge in [-0.15, -0.1) is 0 Å². The smallest absolute Gasteiger partial charge is 0.127 e. The molecule has 0 fully saturated rings. The van der Waals surface area contributed by atoms with Crippen molar-refractivity contribution >= 4 is 11.6 Å². The first-order valence-corrected chi connectivity index (χ1v) is 6.83. The van der Waals surface area contributed by atoms with Gasteiger partial charge in [0.25, 0.3) is 0 Å². The van der Waals surface area contributed by atoms with Crippen molar-refractivity contribution in [1.82, 2.24) is 0 Å². The summed E-state index contributed by atoms with van der Waals surface area (Å²) < 4.78 is 11.1. The minimum Gasteiger partial charge on any atom is -0.497 e. The van der Waals surface area contributed by atoms with Crippen LogP contribution in [0.25, 0.3) is 0 Å². The van der Waals surface area contributed by atoms with Crippen molar-refractivity contribution in [3.8, 4) is 11.5 Å². The van der Waals surface area contributed by atoms with Crippen molar-refractivity contribution in [2.45, 2.75) is 18.6 Å². The third kappa shape index (κ3) is 2.47. The van der Waals surface area contributed by atoms with Crippen LogP contribution in [0.15, 0.2) is 42.5 Å². The van der Waals surface area contributed by atoms with E-state index in [1.54, 1.807) is 25.3 Å². The highest BCUT2D eigenvalue weighted by molar-refractivity contribution is 6.30. The molecule has 0 saturated carbocycles. The molecule has 0 unspecified atom stereocenters. The first-order valence-electron chi connectivity index (χ1n) is 6.45. The van der Waals surface area contributed by atoms with E-state index in [4.69, 9.17) is 21.1 Å². The second kappa shape index (κ2) is 5.35. The highest BCUT2D eigenvalue weighted by atomic mass is 35.5. The Morgan fingerprint density at radius 3 is 2.65 bits per heavy atom. The van der Waals surface area contributed by atoms with Crippen LogP contribution in [0.5, 0.6) is 11.5 Å². The predicted molar refractivity (Wildman–Crippen MR) is 77.4 cm³/mol. The van der Waals surface area contributed by atoms with E-state index in [-0.39, 0.29) is 6.10 Å². The van der Waals surface area contributed by atoms with Crippen LogP contribution in [-0.4, -0.2) is 12.2 Å². The minimum absolute atomic E-state index is 0.162. The summed E-state index contributed by atoms with van der Waals surface area (Å²) in [7, 11) is 1.63. The van der Waals surface area contributed by atoms with E-state index in [0.29, 0.717) is 17.2 Å². The van der Waals surface area contributed by atoms with Gasteiger partial charge in [-0.05, 0) is 35.9 Å². The van der Waals surface area contributed by atoms with Crippen LogP contribution in [0.3, 0.4) is 0 Å². The predicted octanol–water partition coefficient (Wildman–Crippen LogP) is 3.91. The van der Waals surface area contributed by atoms with E-state index in [2.05, 4.69) is 0 Å². The molecule has 0 aliphatic carbocycles. The molecular formula is C16H15ClO3. The SMILES string of the molecule is COc1ccc([C@H]2C[C@@H](O)c3cc(Cl)ccc3O2)cc1. The Bertz CT molecular complexity index is 610. The van der Waals surface area contributed by atoms with Gasteiger partial charge >= 0.3 is 0 Å². The topological polar surface area (TPSA) is 38.7 Å². The molecule has 0 bridgehead atoms. The Morgan fingerprint density at radius 1 is 1.20 bits per heavy atom. The van der Waals surface area contributed by atoms with Crippen molar-refractivity contribution in [1.29, 1.82) is 0 Å². The number of hydrogen-bond acceptors (Lipinski definition) is 3. The zero-order valence-corrected chi connectivity index (χ0v) is 11.8. The van der Waals surface area contributed by atoms with Crippen LogP contribution in [0, 0.1) is 0 Å². The summed E-state index contributed by atoms with van der Waals surface area (Å²) in [6.45, 7) is 0. The molecule has 3 nitrogen and oxygen atoms in total. The van der Waals surface area contributed by atoms with Gasteiger partial charge < -0.3 is 14.6 Å². The van der Waals surface area contributed by atoms with Gasteiger partial charge in [-0.1, -0.05) is 23.7 Å². The van der Waals surface area contributed by atoms with E-state index in [1.165, 1.54) is 0 Å². The summed E-state index contributed by atoms with van der Waals surface area (Å²) in [6.07, 6.45) is -0.214. The quantitative estimate of drug-likeness (QED) is 0.911. The molecule has 1 aliphatic heterocycles. The van der Waals surface area contributed by atoms with E-state index >= 15 is 0 Å². The molecule has 2 aromatic rings. The van der Waals surface area contributed by atoms with Gasteiger partial charge in [0.1, 0.15) is 17.6 Å². The monoisotopic (exact) mass is 290 g/mol. The molecule has 1 N–H and O–H groups in total. The number of fused-ring (bicyclic) bond motifs is 1. The molecule has 2 atom stereocenters. The third-order valence-corrected chi connectivity index (χ3v) is 3.76. The molecule has 1 aliphatic rings. The van der Waals surface area contributed by atoms with Gasteiger partial charge in [-0.3, -0.25) is 0 Å². The second-order valence-corrected chi connectivity index (χ2v) is 5.25. The van der Waals surface area contributed by atoms with Crippen molar-refractivity contribution in [3.63, 3.8) is 0 Å². The zero-order valence-electron chi connectivity index (χ0n) is 11.0. The molecule has 2 aromatic carbocycles. The zero-order chi connectivity index (χ0) is 14.1. The third-order valence-electron chi connectivity index (χ3n) is 3.52. The largest absolute Gasteiger partial charge is 0.497 e. The molecule has 0 radical (unpaired) electrons. The van der Waals surface area contributed by atoms with Gasteiger partial charge in [0.15, 0.2) is 0 Å². The molecule has 0 aromatic heterocycles. The summed E-state index contributed by atoms with van der Waals surface area (Å²) in [6, 6.07) is 13.0. The highest BCUT2D eigenvalue weighted by Crippen LogP contribution is 2.41. The fourth-order valence-corrected chi connectivity index (χ4v) is 2.62. The summed E-state index contributed by atoms with van der Waals surface area (Å²) in [5.74, 6) is 1.49. The molecule has 0 spiro atoms. The number of methoxy groups -OCH3 is 1. The Morgan fingerprint density at radius 2 is 1.95 bits per heavy atom. The number of rotatable bonds is 2. The number of aliphatic hydroxyl groups is 1. The van der Waals surface area contributed by atoms with Crippen LogP contribution in [0.1, 0.15) is 29.8 Å². The maximum Gasteiger partial charge on any atom is 0.127 e. The molecule has 0 amide bonds. The van der Waals surface area contributed by atoms with Crippen LogP contribution in [-0.2, 0) is 0 Å². The normalized spacial score (nSPS) is 20.9. The van der Waals surface area contributed by atoms with Crippen LogP contribution in [0.4, 0.5) is 0 Å². The summed E-state index contributed by atoms with van der Waals surface area (Å²) in [4.78, 5) is 0. The lowest BCUT2D eigenvalue weighted by molar-refractivity contribution is 0.0657. The lowest BCUT2D eigenvalue weighted by atomic mass is 9.95. The molecule has 3 rings (SSSR count). The van der Waals surface area contributed by atoms with Gasteiger partial charge in [-0.2, -0.15) is 0 Å². The average Bonchev–Trinajstić information content (AvgIpc) is 2.48. The molecular weight excluding hydrogens is 276 g/mol. The Labute approximate surface area is 122 Å². The number of ether oxygens (including phenoxy) is 2. The van der Waals surface area contributed by atoms with Crippen molar-refractivity contribution in [2.24, 2.45) is 0 Å². The molecule has 20 heavy (non-hydrogen) atoms. The van der Waals surface area contributed by atoms with Crippen molar-refractivity contribution in [2.75, 3.05) is 7.11 Å². The van der Waals surface area contributed by atoms with Gasteiger partial charge in [0.2, 0.25) is 0 Å². The first-order chi connectivity index (χ1) is 9.67. The van der Waals surface area contributed by atoms with Crippen LogP contribution in [0.2, 0.25) is 5.02 Å². The maximum atomic E-state index is 10.3. The fraction of sp³-hybridized carbons (Fsp3) is 0.250. The minimum atomic E-state index is -0.565. The fourth-order valence-electron chi connectivity index (χ4n) is 2.44. The summed E-state index contributed by atoms with van der Waals surface area (Å²) in [5.41, 5.74) is 1.77. The molecule has 4 heteroatoms. The van der Waals surface area contributed by atoms with E-state index in [0.717, 1.165) is 16.9 Å². The van der Waals surface area contributed by atoms with Crippen LogP contribution < -0.4 is 9.47 Å². The Hall–Kier alpha value is -1.71. The van der Waals surface area contributed by atoms with Gasteiger partial charge in [0.05, 0.1) is 13.2 Å². The molecule has 104 valence electrons. The van der Waals surface area contributed by atoms with Crippen LogP contribution >= 0.6 is 11.6 Å². The lowest BCUT2D eigenvalue weighted by Gasteiger charge is -2.30. The van der Waals surface area contributed by atoms with Gasteiger partial charge in [-0.25, -0.2) is 0 Å². The van der Waals surface area contributed by atoms with Crippen molar-refractivity contribution in [3.05, 3.63) is 58.6 Å². The van der Waals surface area contributed by atoms with E-state index in [9.17, 15) is 5.11 Å². The number of halogens is 1. The van der Waals surface area contributed by atoms with Gasteiger partial charge in [0, 0.05) is 17.0 Å². The lowest BCUT2D eigenvalue weighted by Crippen LogP contribution is -2.18. The molecule has 0 saturated heterocycles. The Balaban J connectivity index is 1.88. The standard InChI is InChI=1S/C16H15ClO3/c1-19-12-5-2-10(3-6-12)16-9-14(18)13-8-11(17)4-7-15(13)20-16/h2-8,14,16,18H,9H2,1H3/t14-,16-/m1/s1. The summed E-state index contributed by atoms with van der Waals surface area (Å²) in [5, 5.41) is 10.9. The summed E-state index contributed by atoms with van der Waals surface area (Å²) >= 11 is 5.95. The van der Waals surface area contributed by atoms with Crippen molar-refractivity contribution < 1.29 is 14.6 Å². The second-order valence-electron chi connectivity index (χ2n) is 4.81. The maximum absolute atomic E-state index is 10.3. The first kappa shape index (κ1) is 13.3. The average molecular weight is 291 g/mol. The molecule has 1 heterocycles. The van der Waals surface area contributed by atoms with E-state index < -0.39 is 6.10 Å². The number of benzene rings is 2. The van der Waals surface area contributed by atoms with E-state index in [1.807, 2.05) is 24.3 Å². The Kier molecular flexibility index (Phi) is 3.55. The number of hydrogen-bond donors (Lipinski definition) is 1. The number of aliphatic hydroxyl groups excluding tert-OH is 1. The highest BCUT2D eigenvalue weighted by Gasteiger charge is 2.28.